The molecule has 20 heavy (non-hydrogen) atoms. The summed E-state index contributed by atoms with van der Waals surface area (Å²) in [5, 5.41) is 8.86. The van der Waals surface area contributed by atoms with Gasteiger partial charge in [-0.3, -0.25) is 0 Å². The van der Waals surface area contributed by atoms with Crippen molar-refractivity contribution in [1.29, 1.82) is 5.26 Å². The van der Waals surface area contributed by atoms with Gasteiger partial charge in [-0.1, -0.05) is 0 Å². The van der Waals surface area contributed by atoms with Gasteiger partial charge < -0.3 is 9.30 Å². The summed E-state index contributed by atoms with van der Waals surface area (Å²) in [7, 11) is 1.94. The van der Waals surface area contributed by atoms with E-state index in [1.165, 1.54) is 0 Å². The first-order valence-electron chi connectivity index (χ1n) is 6.69. The minimum absolute atomic E-state index is 0.165. The number of aryl methyl sites for hydroxylation is 1. The molecule has 0 aliphatic rings. The van der Waals surface area contributed by atoms with Crippen molar-refractivity contribution in [2.45, 2.75) is 33.3 Å². The third-order valence-electron chi connectivity index (χ3n) is 3.14. The van der Waals surface area contributed by atoms with Crippen LogP contribution < -0.4 is 4.74 Å². The van der Waals surface area contributed by atoms with E-state index >= 15 is 0 Å². The van der Waals surface area contributed by atoms with Crippen LogP contribution >= 0.6 is 0 Å². The van der Waals surface area contributed by atoms with Crippen LogP contribution in [-0.2, 0) is 13.5 Å². The fraction of sp³-hybridized carbons (Fsp3) is 0.375. The van der Waals surface area contributed by atoms with Crippen molar-refractivity contribution in [3.05, 3.63) is 35.7 Å². The van der Waals surface area contributed by atoms with E-state index < -0.39 is 0 Å². The highest BCUT2D eigenvalue weighted by Crippen LogP contribution is 2.24. The average molecular weight is 269 g/mol. The number of rotatable bonds is 4. The molecule has 1 aromatic carbocycles. The van der Waals surface area contributed by atoms with Gasteiger partial charge in [-0.25, -0.2) is 4.98 Å². The summed E-state index contributed by atoms with van der Waals surface area (Å²) in [4.78, 5) is 4.56. The molecule has 0 spiro atoms. The third-order valence-corrected chi connectivity index (χ3v) is 3.14. The number of imidazole rings is 1. The van der Waals surface area contributed by atoms with Crippen molar-refractivity contribution in [1.82, 2.24) is 9.55 Å². The second-order valence-electron chi connectivity index (χ2n) is 5.05. The Labute approximate surface area is 119 Å². The summed E-state index contributed by atoms with van der Waals surface area (Å²) < 4.78 is 7.62. The SMILES string of the molecule is Cc1nc(-c2ccc(OC(C)C)cc2)n(C)c1CC#N. The zero-order valence-electron chi connectivity index (χ0n) is 12.3. The Bertz CT molecular complexity index is 633. The molecule has 0 unspecified atom stereocenters. The van der Waals surface area contributed by atoms with Crippen LogP contribution in [-0.4, -0.2) is 15.7 Å². The lowest BCUT2D eigenvalue weighted by atomic mass is 10.2. The van der Waals surface area contributed by atoms with E-state index in [0.717, 1.165) is 28.5 Å². The van der Waals surface area contributed by atoms with Crippen molar-refractivity contribution in [3.8, 4) is 23.2 Å². The fourth-order valence-electron chi connectivity index (χ4n) is 2.20. The summed E-state index contributed by atoms with van der Waals surface area (Å²) in [6.07, 6.45) is 0.544. The normalized spacial score (nSPS) is 10.6. The second-order valence-corrected chi connectivity index (χ2v) is 5.05. The van der Waals surface area contributed by atoms with Gasteiger partial charge in [0, 0.05) is 12.6 Å². The first-order chi connectivity index (χ1) is 9.52. The molecule has 0 saturated carbocycles. The minimum Gasteiger partial charge on any atom is -0.491 e. The standard InChI is InChI=1S/C16H19N3O/c1-11(2)20-14-7-5-13(6-8-14)16-18-12(3)15(9-10-17)19(16)4/h5-8,11H,9H2,1-4H3. The highest BCUT2D eigenvalue weighted by molar-refractivity contribution is 5.58. The molecule has 0 fully saturated rings. The van der Waals surface area contributed by atoms with Crippen LogP contribution in [0.3, 0.4) is 0 Å². The summed E-state index contributed by atoms with van der Waals surface area (Å²) in [6.45, 7) is 5.95. The van der Waals surface area contributed by atoms with Crippen molar-refractivity contribution in [2.75, 3.05) is 0 Å². The molecule has 4 heteroatoms. The summed E-state index contributed by atoms with van der Waals surface area (Å²) in [5.74, 6) is 1.73. The molecule has 0 bridgehead atoms. The first-order valence-corrected chi connectivity index (χ1v) is 6.69. The Kier molecular flexibility index (Phi) is 4.09. The maximum Gasteiger partial charge on any atom is 0.140 e. The van der Waals surface area contributed by atoms with Gasteiger partial charge in [-0.05, 0) is 45.0 Å². The molecule has 0 saturated heterocycles. The lowest BCUT2D eigenvalue weighted by molar-refractivity contribution is 0.242. The molecule has 0 N–H and O–H groups in total. The monoisotopic (exact) mass is 269 g/mol. The molecule has 0 amide bonds. The molecule has 2 aromatic rings. The fourth-order valence-corrected chi connectivity index (χ4v) is 2.20. The van der Waals surface area contributed by atoms with Gasteiger partial charge in [0.1, 0.15) is 11.6 Å². The molecule has 2 rings (SSSR count). The Morgan fingerprint density at radius 1 is 1.30 bits per heavy atom. The molecule has 0 aliphatic carbocycles. The van der Waals surface area contributed by atoms with Crippen molar-refractivity contribution in [2.24, 2.45) is 7.05 Å². The van der Waals surface area contributed by atoms with Crippen LogP contribution in [0.1, 0.15) is 25.2 Å². The summed E-state index contributed by atoms with van der Waals surface area (Å²) in [6, 6.07) is 10.1. The first kappa shape index (κ1) is 14.1. The van der Waals surface area contributed by atoms with Gasteiger partial charge in [0.2, 0.25) is 0 Å². The van der Waals surface area contributed by atoms with E-state index in [1.807, 2.05) is 56.7 Å². The van der Waals surface area contributed by atoms with Gasteiger partial charge in [-0.2, -0.15) is 5.26 Å². The van der Waals surface area contributed by atoms with Gasteiger partial charge >= 0.3 is 0 Å². The van der Waals surface area contributed by atoms with Crippen molar-refractivity contribution in [3.63, 3.8) is 0 Å². The highest BCUT2D eigenvalue weighted by Gasteiger charge is 2.12. The minimum atomic E-state index is 0.165. The Balaban J connectivity index is 2.33. The van der Waals surface area contributed by atoms with E-state index in [1.54, 1.807) is 0 Å². The number of nitrogens with zero attached hydrogens (tertiary/aromatic N) is 3. The summed E-state index contributed by atoms with van der Waals surface area (Å²) in [5.41, 5.74) is 2.90. The van der Waals surface area contributed by atoms with E-state index in [9.17, 15) is 0 Å². The molecule has 0 atom stereocenters. The van der Waals surface area contributed by atoms with Gasteiger partial charge in [0.05, 0.1) is 30.0 Å². The highest BCUT2D eigenvalue weighted by atomic mass is 16.5. The molecular formula is C16H19N3O. The summed E-state index contributed by atoms with van der Waals surface area (Å²) >= 11 is 0. The van der Waals surface area contributed by atoms with E-state index in [0.29, 0.717) is 6.42 Å². The van der Waals surface area contributed by atoms with E-state index in [2.05, 4.69) is 11.1 Å². The number of nitriles is 1. The predicted molar refractivity (Wildman–Crippen MR) is 78.5 cm³/mol. The third kappa shape index (κ3) is 2.83. The zero-order valence-corrected chi connectivity index (χ0v) is 12.3. The average Bonchev–Trinajstić information content (AvgIpc) is 2.67. The quantitative estimate of drug-likeness (QED) is 0.856. The van der Waals surface area contributed by atoms with Gasteiger partial charge in [-0.15, -0.1) is 0 Å². The molecule has 1 heterocycles. The largest absolute Gasteiger partial charge is 0.491 e. The molecule has 1 aromatic heterocycles. The van der Waals surface area contributed by atoms with E-state index in [-0.39, 0.29) is 6.10 Å². The number of ether oxygens (including phenoxy) is 1. The lowest BCUT2D eigenvalue weighted by Crippen LogP contribution is -2.05. The van der Waals surface area contributed by atoms with Crippen LogP contribution in [0.15, 0.2) is 24.3 Å². The lowest BCUT2D eigenvalue weighted by Gasteiger charge is -2.10. The predicted octanol–water partition coefficient (Wildman–Crippen LogP) is 3.25. The Morgan fingerprint density at radius 2 is 1.95 bits per heavy atom. The molecule has 4 nitrogen and oxygen atoms in total. The Hall–Kier alpha value is -2.28. The number of hydrogen-bond acceptors (Lipinski definition) is 3. The van der Waals surface area contributed by atoms with Gasteiger partial charge in [0.25, 0.3) is 0 Å². The van der Waals surface area contributed by atoms with Crippen LogP contribution in [0.2, 0.25) is 0 Å². The van der Waals surface area contributed by atoms with Crippen LogP contribution in [0.25, 0.3) is 11.4 Å². The molecule has 0 aliphatic heterocycles. The maximum absolute atomic E-state index is 8.86. The molecule has 0 radical (unpaired) electrons. The van der Waals surface area contributed by atoms with Crippen LogP contribution in [0.4, 0.5) is 0 Å². The topological polar surface area (TPSA) is 50.8 Å². The number of aromatic nitrogens is 2. The molecular weight excluding hydrogens is 250 g/mol. The Morgan fingerprint density at radius 3 is 2.50 bits per heavy atom. The van der Waals surface area contributed by atoms with Gasteiger partial charge in [0.15, 0.2) is 0 Å². The van der Waals surface area contributed by atoms with Crippen molar-refractivity contribution < 1.29 is 4.74 Å². The molecule has 104 valence electrons. The van der Waals surface area contributed by atoms with Crippen molar-refractivity contribution >= 4 is 0 Å². The number of benzene rings is 1. The maximum atomic E-state index is 8.86. The smallest absolute Gasteiger partial charge is 0.140 e. The number of hydrogen-bond donors (Lipinski definition) is 0. The van der Waals surface area contributed by atoms with Crippen LogP contribution in [0, 0.1) is 18.3 Å². The second kappa shape index (κ2) is 5.79. The van der Waals surface area contributed by atoms with E-state index in [4.69, 9.17) is 10.00 Å². The van der Waals surface area contributed by atoms with Crippen LogP contribution in [0.5, 0.6) is 5.75 Å². The zero-order chi connectivity index (χ0) is 14.7.